The third kappa shape index (κ3) is 9.59. The van der Waals surface area contributed by atoms with Crippen molar-refractivity contribution in [3.63, 3.8) is 0 Å². The Balaban J connectivity index is 0.00000703. The van der Waals surface area contributed by atoms with E-state index in [1.807, 2.05) is 25.1 Å². The fraction of sp³-hybridized carbons (Fsp3) is 0.519. The zero-order chi connectivity index (χ0) is 49.0. The topological polar surface area (TPSA) is 206 Å². The van der Waals surface area contributed by atoms with Gasteiger partial charge in [0.05, 0.1) is 31.0 Å². The molecule has 17 heteroatoms. The molecule has 3 saturated carbocycles. The Kier molecular flexibility index (Phi) is 14.2. The first-order valence-corrected chi connectivity index (χ1v) is 23.2. The number of aromatic nitrogens is 1. The van der Waals surface area contributed by atoms with E-state index >= 15 is 4.39 Å². The lowest BCUT2D eigenvalue weighted by molar-refractivity contribution is -0.246. The van der Waals surface area contributed by atoms with Gasteiger partial charge in [-0.15, -0.1) is 0 Å². The van der Waals surface area contributed by atoms with E-state index in [0.29, 0.717) is 35.2 Å². The molecule has 2 amide bonds. The summed E-state index contributed by atoms with van der Waals surface area (Å²) in [5.41, 5.74) is -4.48. The van der Waals surface area contributed by atoms with Crippen LogP contribution in [0.2, 0.25) is 0 Å². The highest BCUT2D eigenvalue weighted by Crippen LogP contribution is 2.72. The van der Waals surface area contributed by atoms with Crippen LogP contribution in [-0.4, -0.2) is 93.6 Å². The number of benzene rings is 2. The number of carbonyl (C=O) groups excluding carboxylic acids is 6. The summed E-state index contributed by atoms with van der Waals surface area (Å²) in [4.78, 5) is 83.0. The van der Waals surface area contributed by atoms with Crippen LogP contribution in [0, 0.1) is 22.7 Å². The molecule has 1 saturated heterocycles. The normalized spacial score (nSPS) is 30.0. The van der Waals surface area contributed by atoms with Crippen LogP contribution in [0.5, 0.6) is 0 Å². The SMILES string of the molecule is CC(C)(C)OC(=O)NC[C@@H](C(=O)Nc1ccc2cnccc2c1)c1ccc(COC(=O)CCC(=O)OCC(=O)[C@@]23OC(C)(C)O[C@@H]2C[C@H]2[C@@H]4CCC5=CC(=O)C=C[C@]5(C)[C@@]4(F)[C@@H](O)C[C@@]23C)cc1.S. The molecule has 0 radical (unpaired) electrons. The van der Waals surface area contributed by atoms with E-state index in [4.69, 9.17) is 23.7 Å². The first-order chi connectivity index (χ1) is 32.0. The van der Waals surface area contributed by atoms with Crippen molar-refractivity contribution in [2.75, 3.05) is 18.5 Å². The maximum absolute atomic E-state index is 17.8. The number of nitrogens with zero attached hydrogens (tertiary/aromatic N) is 1. The number of rotatable bonds is 13. The molecule has 0 unspecified atom stereocenters. The van der Waals surface area contributed by atoms with E-state index in [0.717, 1.165) is 10.8 Å². The molecule has 2 heterocycles. The van der Waals surface area contributed by atoms with E-state index in [1.165, 1.54) is 12.2 Å². The van der Waals surface area contributed by atoms with Gasteiger partial charge >= 0.3 is 18.0 Å². The smallest absolute Gasteiger partial charge is 0.407 e. The molecular weight excluding hydrogens is 910 g/mol. The summed E-state index contributed by atoms with van der Waals surface area (Å²) in [5.74, 6) is -5.85. The summed E-state index contributed by atoms with van der Waals surface area (Å²) in [6.07, 6.45) is 5.02. The molecule has 370 valence electrons. The second-order valence-corrected chi connectivity index (χ2v) is 20.7. The van der Waals surface area contributed by atoms with E-state index in [-0.39, 0.29) is 64.0 Å². The third-order valence-electron chi connectivity index (χ3n) is 14.8. The van der Waals surface area contributed by atoms with E-state index in [2.05, 4.69) is 15.6 Å². The summed E-state index contributed by atoms with van der Waals surface area (Å²) >= 11 is 0. The Hall–Kier alpha value is -5.49. The Morgan fingerprint density at radius 3 is 2.38 bits per heavy atom. The van der Waals surface area contributed by atoms with Crippen LogP contribution < -0.4 is 10.6 Å². The van der Waals surface area contributed by atoms with Crippen molar-refractivity contribution in [3.05, 3.63) is 95.9 Å². The van der Waals surface area contributed by atoms with Crippen LogP contribution >= 0.6 is 13.5 Å². The summed E-state index contributed by atoms with van der Waals surface area (Å²) < 4.78 is 46.9. The largest absolute Gasteiger partial charge is 0.461 e. The lowest BCUT2D eigenvalue weighted by atomic mass is 9.44. The van der Waals surface area contributed by atoms with Crippen LogP contribution in [0.4, 0.5) is 14.9 Å². The zero-order valence-electron chi connectivity index (χ0n) is 40.0. The van der Waals surface area contributed by atoms with Gasteiger partial charge < -0.3 is 39.4 Å². The van der Waals surface area contributed by atoms with Gasteiger partial charge in [0.15, 0.2) is 29.4 Å². The number of pyridine rings is 1. The number of anilines is 1. The second-order valence-electron chi connectivity index (χ2n) is 20.7. The number of fused-ring (bicyclic) bond motifs is 8. The minimum Gasteiger partial charge on any atom is -0.461 e. The van der Waals surface area contributed by atoms with Gasteiger partial charge in [0, 0.05) is 46.8 Å². The van der Waals surface area contributed by atoms with Gasteiger partial charge in [0.25, 0.3) is 0 Å². The van der Waals surface area contributed by atoms with Gasteiger partial charge in [-0.25, -0.2) is 9.18 Å². The maximum atomic E-state index is 17.8. The van der Waals surface area contributed by atoms with Crippen molar-refractivity contribution >= 4 is 65.5 Å². The average Bonchev–Trinajstić information content (AvgIpc) is 3.69. The first kappa shape index (κ1) is 51.4. The van der Waals surface area contributed by atoms with Crippen LogP contribution in [0.25, 0.3) is 10.8 Å². The number of ketones is 2. The lowest BCUT2D eigenvalue weighted by Crippen LogP contribution is -2.70. The molecule has 8 rings (SSSR count). The van der Waals surface area contributed by atoms with Gasteiger partial charge in [-0.2, -0.15) is 13.5 Å². The number of halogens is 1. The highest BCUT2D eigenvalue weighted by molar-refractivity contribution is 7.59. The van der Waals surface area contributed by atoms with Crippen LogP contribution in [-0.2, 0) is 54.3 Å². The third-order valence-corrected chi connectivity index (χ3v) is 14.8. The maximum Gasteiger partial charge on any atom is 0.407 e. The van der Waals surface area contributed by atoms with E-state index in [1.54, 1.807) is 90.3 Å². The molecule has 4 fully saturated rings. The molecular formula is C52H62FN3O12S. The standard InChI is InChI=1S/C52H60FN3O12.H2S/c1-47(2,3)67-46(63)55-27-37(45(62)56-35-14-12-33-26-54-21-19-32(33)22-35)31-10-8-30(9-11-31)28-64-43(60)16-17-44(61)65-29-41(59)52-42(66-48(4,5)68-52)24-39-38-15-13-34-23-36(57)18-20-49(34,6)51(38,53)40(58)25-50(39,52)7;/h8-12,14,18-23,26,37-40,42,58H,13,15-17,24-25,27-29H2,1-7H3,(H,55,63)(H,56,62);1H2/t37-,38+,39+,40+,42-,49+,50+,51+,52-;/m1./s1. The van der Waals surface area contributed by atoms with Gasteiger partial charge in [-0.1, -0.05) is 48.9 Å². The van der Waals surface area contributed by atoms with Crippen LogP contribution in [0.1, 0.15) is 104 Å². The highest BCUT2D eigenvalue weighted by Gasteiger charge is 2.80. The molecule has 0 bridgehead atoms. The molecule has 9 atom stereocenters. The molecule has 1 aromatic heterocycles. The minimum atomic E-state index is -2.12. The molecule has 3 N–H and O–H groups in total. The van der Waals surface area contributed by atoms with Crippen molar-refractivity contribution in [1.82, 2.24) is 10.3 Å². The van der Waals surface area contributed by atoms with Crippen LogP contribution in [0.3, 0.4) is 0 Å². The molecule has 3 aromatic rings. The minimum absolute atomic E-state index is 0. The fourth-order valence-corrected chi connectivity index (χ4v) is 11.7. The molecule has 69 heavy (non-hydrogen) atoms. The number of alkyl halides is 1. The number of esters is 2. The van der Waals surface area contributed by atoms with Crippen molar-refractivity contribution in [3.8, 4) is 0 Å². The van der Waals surface area contributed by atoms with Gasteiger partial charge in [0.1, 0.15) is 12.2 Å². The Bertz CT molecular complexity index is 2600. The monoisotopic (exact) mass is 971 g/mol. The summed E-state index contributed by atoms with van der Waals surface area (Å²) in [6.45, 7) is 11.2. The number of hydrogen-bond donors (Lipinski definition) is 3. The first-order valence-electron chi connectivity index (χ1n) is 23.2. The quantitative estimate of drug-likeness (QED) is 0.113. The molecule has 4 aliphatic carbocycles. The van der Waals surface area contributed by atoms with Crippen molar-refractivity contribution in [2.45, 2.75) is 134 Å². The summed E-state index contributed by atoms with van der Waals surface area (Å²) in [5, 5.41) is 19.3. The number of alkyl carbamates (subject to hydrolysis) is 1. The number of amides is 2. The van der Waals surface area contributed by atoms with Crippen molar-refractivity contribution in [2.24, 2.45) is 22.7 Å². The number of nitrogens with one attached hydrogen (secondary N) is 2. The number of hydrogen-bond acceptors (Lipinski definition) is 13. The number of aliphatic hydroxyl groups excluding tert-OH is 1. The number of allylic oxidation sites excluding steroid dienone is 4. The number of ether oxygens (including phenoxy) is 5. The number of aliphatic hydroxyl groups is 1. The zero-order valence-corrected chi connectivity index (χ0v) is 41.0. The predicted octanol–water partition coefficient (Wildman–Crippen LogP) is 7.40. The van der Waals surface area contributed by atoms with E-state index < -0.39 is 93.9 Å². The molecule has 15 nitrogen and oxygen atoms in total. The predicted molar refractivity (Wildman–Crippen MR) is 256 cm³/mol. The van der Waals surface area contributed by atoms with Gasteiger partial charge in [0.2, 0.25) is 11.7 Å². The van der Waals surface area contributed by atoms with Gasteiger partial charge in [-0.3, -0.25) is 29.0 Å². The average molecular weight is 972 g/mol. The van der Waals surface area contributed by atoms with Crippen LogP contribution in [0.15, 0.2) is 84.7 Å². The second kappa shape index (κ2) is 19.0. The highest BCUT2D eigenvalue weighted by atomic mass is 32.1. The summed E-state index contributed by atoms with van der Waals surface area (Å²) in [7, 11) is 0. The molecule has 2 aromatic carbocycles. The van der Waals surface area contributed by atoms with Crippen molar-refractivity contribution in [1.29, 1.82) is 0 Å². The Morgan fingerprint density at radius 1 is 0.957 bits per heavy atom. The number of Topliss-reactive ketones (excluding diaryl/α,β-unsaturated/α-hetero) is 1. The molecule has 5 aliphatic rings. The number of carbonyl (C=O) groups is 6. The molecule has 0 spiro atoms. The van der Waals surface area contributed by atoms with E-state index in [9.17, 15) is 33.9 Å². The Labute approximate surface area is 407 Å². The Morgan fingerprint density at radius 2 is 1.67 bits per heavy atom. The fourth-order valence-electron chi connectivity index (χ4n) is 11.7. The lowest BCUT2D eigenvalue weighted by Gasteiger charge is -2.62. The van der Waals surface area contributed by atoms with Crippen molar-refractivity contribution < 1.29 is 61.9 Å². The summed E-state index contributed by atoms with van der Waals surface area (Å²) in [6, 6.07) is 14.0. The molecule has 1 aliphatic heterocycles. The van der Waals surface area contributed by atoms with Gasteiger partial charge in [-0.05, 0) is 120 Å².